The molecule has 0 aliphatic carbocycles. The highest BCUT2D eigenvalue weighted by molar-refractivity contribution is 6.35. The molecule has 0 fully saturated rings. The van der Waals surface area contributed by atoms with E-state index in [1.807, 2.05) is 0 Å². The quantitative estimate of drug-likeness (QED) is 0.708. The predicted molar refractivity (Wildman–Crippen MR) is 64.9 cm³/mol. The van der Waals surface area contributed by atoms with Crippen molar-refractivity contribution in [1.29, 1.82) is 0 Å². The third-order valence-corrected chi connectivity index (χ3v) is 2.85. The van der Waals surface area contributed by atoms with Gasteiger partial charge in [-0.25, -0.2) is 0 Å². The van der Waals surface area contributed by atoms with Gasteiger partial charge in [-0.15, -0.1) is 0 Å². The Balaban J connectivity index is 2.82. The molecule has 1 unspecified atom stereocenters. The van der Waals surface area contributed by atoms with Gasteiger partial charge in [0.15, 0.2) is 5.78 Å². The lowest BCUT2D eigenvalue weighted by Gasteiger charge is -2.07. The molecule has 0 N–H and O–H groups in total. The van der Waals surface area contributed by atoms with Gasteiger partial charge < -0.3 is 0 Å². The fourth-order valence-electron chi connectivity index (χ4n) is 1.29. The number of carbonyl (C=O) groups excluding carboxylic acids is 1. The highest BCUT2D eigenvalue weighted by Gasteiger charge is 2.11. The van der Waals surface area contributed by atoms with Crippen LogP contribution in [0.5, 0.6) is 0 Å². The first-order chi connectivity index (χ1) is 7.02. The standard InChI is InChI=1S/C12H14Cl2O/c1-3-8(2)4-12(15)9-5-10(13)7-11(14)6-9/h5-8H,3-4H2,1-2H3. The summed E-state index contributed by atoms with van der Waals surface area (Å²) in [5.74, 6) is 0.504. The minimum Gasteiger partial charge on any atom is -0.294 e. The Bertz CT molecular complexity index is 340. The number of hydrogen-bond acceptors (Lipinski definition) is 1. The Kier molecular flexibility index (Phi) is 4.62. The lowest BCUT2D eigenvalue weighted by atomic mass is 9.98. The van der Waals surface area contributed by atoms with E-state index in [9.17, 15) is 4.79 Å². The van der Waals surface area contributed by atoms with E-state index >= 15 is 0 Å². The molecule has 0 aliphatic heterocycles. The topological polar surface area (TPSA) is 17.1 Å². The van der Waals surface area contributed by atoms with Crippen molar-refractivity contribution in [3.8, 4) is 0 Å². The molecule has 0 radical (unpaired) electrons. The van der Waals surface area contributed by atoms with Gasteiger partial charge in [0, 0.05) is 22.0 Å². The maximum Gasteiger partial charge on any atom is 0.163 e. The highest BCUT2D eigenvalue weighted by Crippen LogP contribution is 2.21. The number of halogens is 2. The average Bonchev–Trinajstić information content (AvgIpc) is 2.16. The van der Waals surface area contributed by atoms with Crippen LogP contribution in [0.3, 0.4) is 0 Å². The second kappa shape index (κ2) is 5.53. The number of benzene rings is 1. The molecule has 0 spiro atoms. The van der Waals surface area contributed by atoms with Crippen molar-refractivity contribution in [2.45, 2.75) is 26.7 Å². The first-order valence-corrected chi connectivity index (χ1v) is 5.77. The monoisotopic (exact) mass is 244 g/mol. The van der Waals surface area contributed by atoms with E-state index in [0.717, 1.165) is 6.42 Å². The summed E-state index contributed by atoms with van der Waals surface area (Å²) in [6.45, 7) is 4.13. The minimum absolute atomic E-state index is 0.105. The molecule has 0 aliphatic rings. The number of ketones is 1. The van der Waals surface area contributed by atoms with Gasteiger partial charge >= 0.3 is 0 Å². The first-order valence-electron chi connectivity index (χ1n) is 5.02. The average molecular weight is 245 g/mol. The molecule has 1 aromatic rings. The van der Waals surface area contributed by atoms with Crippen LogP contribution >= 0.6 is 23.2 Å². The summed E-state index contributed by atoms with van der Waals surface area (Å²) in [6.07, 6.45) is 1.55. The van der Waals surface area contributed by atoms with Crippen LogP contribution < -0.4 is 0 Å². The second-order valence-corrected chi connectivity index (χ2v) is 4.67. The van der Waals surface area contributed by atoms with Crippen molar-refractivity contribution in [3.05, 3.63) is 33.8 Å². The summed E-state index contributed by atoms with van der Waals surface area (Å²) < 4.78 is 0. The maximum absolute atomic E-state index is 11.8. The predicted octanol–water partition coefficient (Wildman–Crippen LogP) is 4.61. The van der Waals surface area contributed by atoms with E-state index in [2.05, 4.69) is 13.8 Å². The molecule has 0 saturated heterocycles. The zero-order valence-electron chi connectivity index (χ0n) is 8.89. The van der Waals surface area contributed by atoms with Crippen molar-refractivity contribution in [1.82, 2.24) is 0 Å². The molecule has 0 amide bonds. The Hall–Kier alpha value is -0.530. The molecule has 82 valence electrons. The van der Waals surface area contributed by atoms with Crippen LogP contribution in [-0.2, 0) is 0 Å². The molecule has 3 heteroatoms. The molecule has 0 bridgehead atoms. The molecule has 1 nitrogen and oxygen atoms in total. The molecule has 1 rings (SSSR count). The van der Waals surface area contributed by atoms with Gasteiger partial charge in [-0.1, -0.05) is 43.5 Å². The number of carbonyl (C=O) groups is 1. The molecular formula is C12H14Cl2O. The largest absolute Gasteiger partial charge is 0.294 e. The third kappa shape index (κ3) is 3.84. The van der Waals surface area contributed by atoms with Crippen molar-refractivity contribution in [2.24, 2.45) is 5.92 Å². The Labute approximate surface area is 100 Å². The fourth-order valence-corrected chi connectivity index (χ4v) is 1.82. The van der Waals surface area contributed by atoms with E-state index in [-0.39, 0.29) is 5.78 Å². The molecule has 0 heterocycles. The summed E-state index contributed by atoms with van der Waals surface area (Å²) >= 11 is 11.7. The summed E-state index contributed by atoms with van der Waals surface area (Å²) in [6, 6.07) is 4.96. The van der Waals surface area contributed by atoms with Crippen LogP contribution in [0.15, 0.2) is 18.2 Å². The summed E-state index contributed by atoms with van der Waals surface area (Å²) in [4.78, 5) is 11.8. The SMILES string of the molecule is CCC(C)CC(=O)c1cc(Cl)cc(Cl)c1. The summed E-state index contributed by atoms with van der Waals surface area (Å²) in [7, 11) is 0. The third-order valence-electron chi connectivity index (χ3n) is 2.42. The van der Waals surface area contributed by atoms with Crippen molar-refractivity contribution >= 4 is 29.0 Å². The van der Waals surface area contributed by atoms with E-state index in [1.54, 1.807) is 18.2 Å². The zero-order valence-corrected chi connectivity index (χ0v) is 10.4. The van der Waals surface area contributed by atoms with Crippen LogP contribution in [0.1, 0.15) is 37.0 Å². The Morgan fingerprint density at radius 1 is 1.27 bits per heavy atom. The van der Waals surface area contributed by atoms with Crippen LogP contribution in [0, 0.1) is 5.92 Å². The highest BCUT2D eigenvalue weighted by atomic mass is 35.5. The first kappa shape index (κ1) is 12.5. The lowest BCUT2D eigenvalue weighted by molar-refractivity contribution is 0.0963. The number of Topliss-reactive ketones (excluding diaryl/α,β-unsaturated/α-hetero) is 1. The van der Waals surface area contributed by atoms with Gasteiger partial charge in [-0.2, -0.15) is 0 Å². The summed E-state index contributed by atoms with van der Waals surface area (Å²) in [5.41, 5.74) is 0.604. The van der Waals surface area contributed by atoms with Crippen LogP contribution in [-0.4, -0.2) is 5.78 Å². The van der Waals surface area contributed by atoms with E-state index in [0.29, 0.717) is 27.9 Å². The van der Waals surface area contributed by atoms with Crippen molar-refractivity contribution in [3.63, 3.8) is 0 Å². The van der Waals surface area contributed by atoms with Gasteiger partial charge in [-0.3, -0.25) is 4.79 Å². The van der Waals surface area contributed by atoms with Gasteiger partial charge in [-0.05, 0) is 24.1 Å². The van der Waals surface area contributed by atoms with Crippen LogP contribution in [0.2, 0.25) is 10.0 Å². The number of rotatable bonds is 4. The van der Waals surface area contributed by atoms with Gasteiger partial charge in [0.2, 0.25) is 0 Å². The molecule has 1 atom stereocenters. The van der Waals surface area contributed by atoms with E-state index < -0.39 is 0 Å². The van der Waals surface area contributed by atoms with Gasteiger partial charge in [0.05, 0.1) is 0 Å². The molecule has 15 heavy (non-hydrogen) atoms. The molecular weight excluding hydrogens is 231 g/mol. The Morgan fingerprint density at radius 3 is 2.27 bits per heavy atom. The molecule has 0 aromatic heterocycles. The molecule has 1 aromatic carbocycles. The van der Waals surface area contributed by atoms with Crippen molar-refractivity contribution < 1.29 is 4.79 Å². The number of hydrogen-bond donors (Lipinski definition) is 0. The zero-order chi connectivity index (χ0) is 11.4. The summed E-state index contributed by atoms with van der Waals surface area (Å²) in [5, 5.41) is 1.02. The minimum atomic E-state index is 0.105. The van der Waals surface area contributed by atoms with Gasteiger partial charge in [0.1, 0.15) is 0 Å². The Morgan fingerprint density at radius 2 is 1.80 bits per heavy atom. The van der Waals surface area contributed by atoms with Gasteiger partial charge in [0.25, 0.3) is 0 Å². The lowest BCUT2D eigenvalue weighted by Crippen LogP contribution is -2.05. The molecule has 0 saturated carbocycles. The smallest absolute Gasteiger partial charge is 0.163 e. The second-order valence-electron chi connectivity index (χ2n) is 3.80. The van der Waals surface area contributed by atoms with E-state index in [4.69, 9.17) is 23.2 Å². The van der Waals surface area contributed by atoms with Crippen LogP contribution in [0.4, 0.5) is 0 Å². The van der Waals surface area contributed by atoms with Crippen molar-refractivity contribution in [2.75, 3.05) is 0 Å². The maximum atomic E-state index is 11.8. The van der Waals surface area contributed by atoms with E-state index in [1.165, 1.54) is 0 Å². The fraction of sp³-hybridized carbons (Fsp3) is 0.417. The normalized spacial score (nSPS) is 12.5. The van der Waals surface area contributed by atoms with Crippen LogP contribution in [0.25, 0.3) is 0 Å².